The van der Waals surface area contributed by atoms with Gasteiger partial charge in [-0.1, -0.05) is 0 Å². The van der Waals surface area contributed by atoms with E-state index < -0.39 is 0 Å². The number of aromatic nitrogens is 1. The number of carbonyl (C=O) groups is 1. The number of nitrogens with zero attached hydrogens (tertiary/aromatic N) is 1. The third-order valence-corrected chi connectivity index (χ3v) is 2.88. The van der Waals surface area contributed by atoms with Crippen molar-refractivity contribution >= 4 is 21.8 Å². The number of carbonyl (C=O) groups excluding carboxylic acids is 1. The molecule has 0 radical (unpaired) electrons. The predicted octanol–water partition coefficient (Wildman–Crippen LogP) is 1.08. The Morgan fingerprint density at radius 2 is 2.24 bits per heavy atom. The Labute approximate surface area is 108 Å². The molecule has 0 aromatic carbocycles. The number of unbranched alkanes of at least 4 members (excludes halogenated alkanes) is 1. The van der Waals surface area contributed by atoms with E-state index in [4.69, 9.17) is 5.84 Å². The fraction of sp³-hybridized carbons (Fsp3) is 0.455. The molecule has 0 saturated heterocycles. The van der Waals surface area contributed by atoms with Crippen LogP contribution < -0.4 is 16.8 Å². The molecule has 0 unspecified atom stereocenters. The summed E-state index contributed by atoms with van der Waals surface area (Å²) in [4.78, 5) is 22.6. The van der Waals surface area contributed by atoms with E-state index >= 15 is 0 Å². The highest BCUT2D eigenvalue weighted by molar-refractivity contribution is 9.10. The van der Waals surface area contributed by atoms with Crippen molar-refractivity contribution in [3.05, 3.63) is 32.7 Å². The number of rotatable bonds is 5. The van der Waals surface area contributed by atoms with Gasteiger partial charge in [-0.05, 0) is 41.8 Å². The number of amides is 1. The summed E-state index contributed by atoms with van der Waals surface area (Å²) in [6, 6.07) is 1.79. The maximum Gasteiger partial charge on any atom is 0.253 e. The van der Waals surface area contributed by atoms with Gasteiger partial charge < -0.3 is 4.57 Å². The van der Waals surface area contributed by atoms with Gasteiger partial charge in [-0.15, -0.1) is 0 Å². The maximum absolute atomic E-state index is 11.7. The standard InChI is InChI=1S/C11H16BrN3O2/c1-8-6-9(12)7-15(11(8)17)5-3-2-4-10(16)14-13/h6-7H,2-5,13H2,1H3,(H,14,16). The molecule has 1 amide bonds. The van der Waals surface area contributed by atoms with Crippen molar-refractivity contribution < 1.29 is 4.79 Å². The number of nitrogens with two attached hydrogens (primary N) is 1. The molecule has 1 aromatic heterocycles. The number of hydrogen-bond acceptors (Lipinski definition) is 3. The first kappa shape index (κ1) is 13.9. The Morgan fingerprint density at radius 1 is 1.53 bits per heavy atom. The SMILES string of the molecule is Cc1cc(Br)cn(CCCCC(=O)NN)c1=O. The van der Waals surface area contributed by atoms with Crippen LogP contribution >= 0.6 is 15.9 Å². The van der Waals surface area contributed by atoms with Crippen LogP contribution in [-0.4, -0.2) is 10.5 Å². The van der Waals surface area contributed by atoms with Crippen LogP contribution in [0.3, 0.4) is 0 Å². The normalized spacial score (nSPS) is 10.3. The van der Waals surface area contributed by atoms with Crippen molar-refractivity contribution in [1.29, 1.82) is 0 Å². The number of nitrogens with one attached hydrogen (secondary N) is 1. The number of aryl methyl sites for hydroxylation is 2. The van der Waals surface area contributed by atoms with Gasteiger partial charge in [-0.25, -0.2) is 5.84 Å². The number of hydrogen-bond donors (Lipinski definition) is 2. The van der Waals surface area contributed by atoms with Gasteiger partial charge in [0.1, 0.15) is 0 Å². The van der Waals surface area contributed by atoms with Crippen LogP contribution in [0.5, 0.6) is 0 Å². The predicted molar refractivity (Wildman–Crippen MR) is 69.3 cm³/mol. The smallest absolute Gasteiger partial charge is 0.253 e. The lowest BCUT2D eigenvalue weighted by Gasteiger charge is -2.07. The van der Waals surface area contributed by atoms with E-state index in [1.54, 1.807) is 23.8 Å². The molecule has 17 heavy (non-hydrogen) atoms. The van der Waals surface area contributed by atoms with Gasteiger partial charge in [-0.2, -0.15) is 0 Å². The molecule has 1 aromatic rings. The fourth-order valence-corrected chi connectivity index (χ4v) is 2.14. The average Bonchev–Trinajstić information content (AvgIpc) is 2.30. The highest BCUT2D eigenvalue weighted by Gasteiger charge is 2.02. The maximum atomic E-state index is 11.7. The molecule has 0 atom stereocenters. The van der Waals surface area contributed by atoms with E-state index in [9.17, 15) is 9.59 Å². The van der Waals surface area contributed by atoms with Crippen LogP contribution in [0.4, 0.5) is 0 Å². The van der Waals surface area contributed by atoms with E-state index in [1.807, 2.05) is 0 Å². The van der Waals surface area contributed by atoms with E-state index in [-0.39, 0.29) is 11.5 Å². The van der Waals surface area contributed by atoms with Crippen LogP contribution in [-0.2, 0) is 11.3 Å². The van der Waals surface area contributed by atoms with Gasteiger partial charge in [0.15, 0.2) is 0 Å². The Morgan fingerprint density at radius 3 is 2.88 bits per heavy atom. The van der Waals surface area contributed by atoms with Gasteiger partial charge in [0, 0.05) is 29.2 Å². The Hall–Kier alpha value is -1.14. The molecular weight excluding hydrogens is 286 g/mol. The second kappa shape index (κ2) is 6.56. The molecule has 0 aliphatic carbocycles. The van der Waals surface area contributed by atoms with Gasteiger partial charge in [0.2, 0.25) is 5.91 Å². The van der Waals surface area contributed by atoms with Crippen LogP contribution in [0.15, 0.2) is 21.5 Å². The summed E-state index contributed by atoms with van der Waals surface area (Å²) in [6.45, 7) is 2.39. The number of hydrazine groups is 1. The minimum atomic E-state index is -0.178. The second-order valence-corrected chi connectivity index (χ2v) is 4.78. The lowest BCUT2D eigenvalue weighted by Crippen LogP contribution is -2.29. The molecule has 1 heterocycles. The molecule has 1 rings (SSSR count). The Bertz CT molecular complexity index is 457. The highest BCUT2D eigenvalue weighted by atomic mass is 79.9. The van der Waals surface area contributed by atoms with Gasteiger partial charge in [0.05, 0.1) is 0 Å². The van der Waals surface area contributed by atoms with Gasteiger partial charge >= 0.3 is 0 Å². The van der Waals surface area contributed by atoms with Crippen LogP contribution in [0.1, 0.15) is 24.8 Å². The van der Waals surface area contributed by atoms with Crippen molar-refractivity contribution in [1.82, 2.24) is 9.99 Å². The first-order chi connectivity index (χ1) is 8.04. The molecule has 3 N–H and O–H groups in total. The molecule has 5 nitrogen and oxygen atoms in total. The molecule has 0 fully saturated rings. The number of halogens is 1. The Kier molecular flexibility index (Phi) is 5.37. The van der Waals surface area contributed by atoms with Crippen molar-refractivity contribution in [2.24, 2.45) is 5.84 Å². The summed E-state index contributed by atoms with van der Waals surface area (Å²) in [7, 11) is 0. The van der Waals surface area contributed by atoms with E-state index in [1.165, 1.54) is 0 Å². The van der Waals surface area contributed by atoms with E-state index in [0.29, 0.717) is 24.9 Å². The summed E-state index contributed by atoms with van der Waals surface area (Å²) in [5.74, 6) is 4.79. The number of pyridine rings is 1. The Balaban J connectivity index is 2.52. The molecule has 94 valence electrons. The molecule has 0 bridgehead atoms. The van der Waals surface area contributed by atoms with E-state index in [2.05, 4.69) is 21.4 Å². The summed E-state index contributed by atoms with van der Waals surface area (Å²) in [5, 5.41) is 0. The quantitative estimate of drug-likeness (QED) is 0.370. The molecule has 0 spiro atoms. The minimum Gasteiger partial charge on any atom is -0.314 e. The van der Waals surface area contributed by atoms with Gasteiger partial charge in [-0.3, -0.25) is 15.0 Å². The van der Waals surface area contributed by atoms with Gasteiger partial charge in [0.25, 0.3) is 5.56 Å². The molecule has 0 aliphatic rings. The van der Waals surface area contributed by atoms with Crippen molar-refractivity contribution in [2.75, 3.05) is 0 Å². The minimum absolute atomic E-state index is 0.0106. The summed E-state index contributed by atoms with van der Waals surface area (Å²) < 4.78 is 2.54. The monoisotopic (exact) mass is 301 g/mol. The third kappa shape index (κ3) is 4.32. The molecule has 6 heteroatoms. The lowest BCUT2D eigenvalue weighted by atomic mass is 10.2. The van der Waals surface area contributed by atoms with Crippen molar-refractivity contribution in [3.63, 3.8) is 0 Å². The van der Waals surface area contributed by atoms with Crippen LogP contribution in [0, 0.1) is 6.92 Å². The molecule has 0 aliphatic heterocycles. The fourth-order valence-electron chi connectivity index (χ4n) is 1.55. The van der Waals surface area contributed by atoms with Crippen molar-refractivity contribution in [3.8, 4) is 0 Å². The summed E-state index contributed by atoms with van der Waals surface area (Å²) >= 11 is 3.35. The zero-order valence-electron chi connectivity index (χ0n) is 9.70. The van der Waals surface area contributed by atoms with Crippen LogP contribution in [0.25, 0.3) is 0 Å². The lowest BCUT2D eigenvalue weighted by molar-refractivity contribution is -0.121. The van der Waals surface area contributed by atoms with E-state index in [0.717, 1.165) is 10.9 Å². The first-order valence-electron chi connectivity index (χ1n) is 5.40. The van der Waals surface area contributed by atoms with Crippen molar-refractivity contribution in [2.45, 2.75) is 32.7 Å². The second-order valence-electron chi connectivity index (χ2n) is 3.86. The van der Waals surface area contributed by atoms with Crippen LogP contribution in [0.2, 0.25) is 0 Å². The third-order valence-electron chi connectivity index (χ3n) is 2.45. The zero-order valence-corrected chi connectivity index (χ0v) is 11.3. The first-order valence-corrected chi connectivity index (χ1v) is 6.20. The highest BCUT2D eigenvalue weighted by Crippen LogP contribution is 2.09. The summed E-state index contributed by atoms with van der Waals surface area (Å²) in [6.07, 6.45) is 3.63. The topological polar surface area (TPSA) is 77.1 Å². The largest absolute Gasteiger partial charge is 0.314 e. The molecule has 0 saturated carbocycles. The zero-order chi connectivity index (χ0) is 12.8. The average molecular weight is 302 g/mol. The molecular formula is C11H16BrN3O2. The summed E-state index contributed by atoms with van der Waals surface area (Å²) in [5.41, 5.74) is 2.80.